The number of hydrogen-bond acceptors (Lipinski definition) is 3. The quantitative estimate of drug-likeness (QED) is 0.322. The summed E-state index contributed by atoms with van der Waals surface area (Å²) in [5.41, 5.74) is 4.90. The molecule has 4 heteroatoms. The molecule has 0 aromatic rings. The van der Waals surface area contributed by atoms with Gasteiger partial charge >= 0.3 is 0 Å². The Labute approximate surface area is 65.0 Å². The van der Waals surface area contributed by atoms with Gasteiger partial charge < -0.3 is 15.6 Å². The van der Waals surface area contributed by atoms with Gasteiger partial charge in [0.2, 0.25) is 0 Å². The van der Waals surface area contributed by atoms with Crippen molar-refractivity contribution < 1.29 is 14.6 Å². The van der Waals surface area contributed by atoms with Crippen LogP contribution >= 0.6 is 0 Å². The molecule has 0 heterocycles. The Bertz CT molecular complexity index is 175. The zero-order chi connectivity index (χ0) is 8.69. The van der Waals surface area contributed by atoms with Crippen LogP contribution < -0.4 is 5.73 Å². The normalized spacial score (nSPS) is 10.8. The lowest BCUT2D eigenvalue weighted by atomic mass is 10.4. The van der Waals surface area contributed by atoms with Gasteiger partial charge in [-0.25, -0.2) is 0 Å². The summed E-state index contributed by atoms with van der Waals surface area (Å²) >= 11 is 0. The van der Waals surface area contributed by atoms with Crippen LogP contribution in [0, 0.1) is 0 Å². The number of allylic oxidation sites excluding steroid dienone is 2. The van der Waals surface area contributed by atoms with E-state index in [1.54, 1.807) is 0 Å². The Hall–Kier alpha value is -1.29. The molecule has 0 atom stereocenters. The van der Waals surface area contributed by atoms with E-state index < -0.39 is 5.91 Å². The first kappa shape index (κ1) is 9.71. The Balaban J connectivity index is 4.00. The zero-order valence-electron chi connectivity index (χ0n) is 6.12. The Kier molecular flexibility index (Phi) is 4.85. The zero-order valence-corrected chi connectivity index (χ0v) is 6.12. The number of ether oxygens (including phenoxy) is 1. The monoisotopic (exact) mass is 157 g/mol. The van der Waals surface area contributed by atoms with E-state index >= 15 is 0 Å². The number of hydrogen-bond donors (Lipinski definition) is 2. The summed E-state index contributed by atoms with van der Waals surface area (Å²) in [4.78, 5) is 10.5. The highest BCUT2D eigenvalue weighted by atomic mass is 16.5. The van der Waals surface area contributed by atoms with E-state index in [0.717, 1.165) is 0 Å². The van der Waals surface area contributed by atoms with E-state index in [0.29, 0.717) is 0 Å². The van der Waals surface area contributed by atoms with Gasteiger partial charge in [-0.15, -0.1) is 0 Å². The molecule has 0 aliphatic heterocycles. The van der Waals surface area contributed by atoms with E-state index in [4.69, 9.17) is 15.6 Å². The van der Waals surface area contributed by atoms with Crippen LogP contribution in [0.4, 0.5) is 0 Å². The van der Waals surface area contributed by atoms with Crippen LogP contribution in [0.1, 0.15) is 0 Å². The molecule has 0 bridgehead atoms. The number of primary amides is 1. The molecular formula is C7H11NO3. The molecule has 0 spiro atoms. The van der Waals surface area contributed by atoms with Crippen LogP contribution in [0.5, 0.6) is 0 Å². The average Bonchev–Trinajstić information content (AvgIpc) is 1.97. The second-order valence-corrected chi connectivity index (χ2v) is 1.70. The lowest BCUT2D eigenvalue weighted by Gasteiger charge is -2.03. The van der Waals surface area contributed by atoms with Crippen LogP contribution in [0.3, 0.4) is 0 Å². The predicted octanol–water partition coefficient (Wildman–Crippen LogP) is -0.450. The third-order valence-electron chi connectivity index (χ3n) is 0.861. The lowest BCUT2D eigenvalue weighted by Crippen LogP contribution is -2.17. The van der Waals surface area contributed by atoms with E-state index in [1.807, 2.05) is 0 Å². The minimum atomic E-state index is -0.668. The standard InChI is InChI=1S/C7H11NO3/c1-2-3-6(7(8)10)11-5-4-9/h2-3,9H,1,4-5H2,(H2,8,10). The molecule has 0 radical (unpaired) electrons. The topological polar surface area (TPSA) is 72.6 Å². The molecule has 11 heavy (non-hydrogen) atoms. The second-order valence-electron chi connectivity index (χ2n) is 1.70. The molecule has 62 valence electrons. The number of carbonyl (C=O) groups excluding carboxylic acids is 1. The molecular weight excluding hydrogens is 146 g/mol. The largest absolute Gasteiger partial charge is 0.485 e. The maximum absolute atomic E-state index is 10.5. The maximum Gasteiger partial charge on any atom is 0.283 e. The van der Waals surface area contributed by atoms with E-state index in [1.165, 1.54) is 12.2 Å². The van der Waals surface area contributed by atoms with Crippen molar-refractivity contribution in [2.75, 3.05) is 13.2 Å². The summed E-state index contributed by atoms with van der Waals surface area (Å²) in [6.45, 7) is 3.27. The summed E-state index contributed by atoms with van der Waals surface area (Å²) in [5.74, 6) is -0.660. The molecule has 4 nitrogen and oxygen atoms in total. The number of aliphatic hydroxyl groups is 1. The van der Waals surface area contributed by atoms with Gasteiger partial charge in [-0.1, -0.05) is 12.7 Å². The summed E-state index contributed by atoms with van der Waals surface area (Å²) in [6, 6.07) is 0. The average molecular weight is 157 g/mol. The maximum atomic E-state index is 10.5. The molecule has 0 aliphatic carbocycles. The number of rotatable bonds is 5. The van der Waals surface area contributed by atoms with E-state index in [9.17, 15) is 4.79 Å². The number of carbonyl (C=O) groups is 1. The van der Waals surface area contributed by atoms with Crippen molar-refractivity contribution >= 4 is 5.91 Å². The van der Waals surface area contributed by atoms with Gasteiger partial charge in [-0.2, -0.15) is 0 Å². The van der Waals surface area contributed by atoms with Crippen molar-refractivity contribution in [1.29, 1.82) is 0 Å². The first-order valence-corrected chi connectivity index (χ1v) is 3.08. The fraction of sp³-hybridized carbons (Fsp3) is 0.286. The van der Waals surface area contributed by atoms with Crippen molar-refractivity contribution in [2.24, 2.45) is 5.73 Å². The third-order valence-corrected chi connectivity index (χ3v) is 0.861. The predicted molar refractivity (Wildman–Crippen MR) is 40.5 cm³/mol. The molecule has 1 amide bonds. The summed E-state index contributed by atoms with van der Waals surface area (Å²) in [7, 11) is 0. The van der Waals surface area contributed by atoms with Gasteiger partial charge in [0.05, 0.1) is 6.61 Å². The first-order valence-electron chi connectivity index (χ1n) is 3.08. The molecule has 0 unspecified atom stereocenters. The summed E-state index contributed by atoms with van der Waals surface area (Å²) in [5, 5.41) is 8.33. The van der Waals surface area contributed by atoms with Crippen molar-refractivity contribution in [3.63, 3.8) is 0 Å². The Morgan fingerprint density at radius 3 is 2.73 bits per heavy atom. The minimum Gasteiger partial charge on any atom is -0.485 e. The Morgan fingerprint density at radius 1 is 1.73 bits per heavy atom. The highest BCUT2D eigenvalue weighted by molar-refractivity contribution is 5.90. The highest BCUT2D eigenvalue weighted by Crippen LogP contribution is 1.95. The van der Waals surface area contributed by atoms with Crippen molar-refractivity contribution in [3.05, 3.63) is 24.5 Å². The summed E-state index contributed by atoms with van der Waals surface area (Å²) < 4.78 is 4.76. The van der Waals surface area contributed by atoms with Gasteiger partial charge in [0, 0.05) is 0 Å². The fourth-order valence-electron chi connectivity index (χ4n) is 0.464. The third kappa shape index (κ3) is 4.16. The van der Waals surface area contributed by atoms with Gasteiger partial charge in [0.25, 0.3) is 5.91 Å². The van der Waals surface area contributed by atoms with Crippen LogP contribution in [0.25, 0.3) is 0 Å². The SMILES string of the molecule is C=CC=C(OCCO)C(N)=O. The molecule has 0 rings (SSSR count). The molecule has 0 aromatic carbocycles. The van der Waals surface area contributed by atoms with Crippen molar-refractivity contribution in [3.8, 4) is 0 Å². The molecule has 0 aliphatic rings. The fourth-order valence-corrected chi connectivity index (χ4v) is 0.464. The molecule has 3 N–H and O–H groups in total. The smallest absolute Gasteiger partial charge is 0.283 e. The van der Waals surface area contributed by atoms with Crippen LogP contribution in [-0.2, 0) is 9.53 Å². The highest BCUT2D eigenvalue weighted by Gasteiger charge is 2.02. The number of nitrogens with two attached hydrogens (primary N) is 1. The van der Waals surface area contributed by atoms with E-state index in [2.05, 4.69) is 6.58 Å². The second kappa shape index (κ2) is 5.49. The molecule has 0 aromatic heterocycles. The van der Waals surface area contributed by atoms with Crippen LogP contribution in [0.15, 0.2) is 24.5 Å². The Morgan fingerprint density at radius 2 is 2.36 bits per heavy atom. The minimum absolute atomic E-state index is 0.00838. The summed E-state index contributed by atoms with van der Waals surface area (Å²) in [6.07, 6.45) is 2.73. The van der Waals surface area contributed by atoms with Crippen LogP contribution in [0.2, 0.25) is 0 Å². The first-order chi connectivity index (χ1) is 5.22. The van der Waals surface area contributed by atoms with Gasteiger partial charge in [0.1, 0.15) is 6.61 Å². The van der Waals surface area contributed by atoms with Gasteiger partial charge in [0.15, 0.2) is 5.76 Å². The van der Waals surface area contributed by atoms with E-state index in [-0.39, 0.29) is 19.0 Å². The molecule has 0 fully saturated rings. The molecule has 0 saturated carbocycles. The van der Waals surface area contributed by atoms with Crippen molar-refractivity contribution in [2.45, 2.75) is 0 Å². The number of aliphatic hydroxyl groups excluding tert-OH is 1. The van der Waals surface area contributed by atoms with Crippen LogP contribution in [-0.4, -0.2) is 24.2 Å². The van der Waals surface area contributed by atoms with Crippen molar-refractivity contribution in [1.82, 2.24) is 0 Å². The van der Waals surface area contributed by atoms with Gasteiger partial charge in [-0.3, -0.25) is 4.79 Å². The number of amides is 1. The lowest BCUT2D eigenvalue weighted by molar-refractivity contribution is -0.118. The van der Waals surface area contributed by atoms with Gasteiger partial charge in [-0.05, 0) is 6.08 Å². The molecule has 0 saturated heterocycles.